The molecule has 0 radical (unpaired) electrons. The molecule has 1 atom stereocenters. The lowest BCUT2D eigenvalue weighted by molar-refractivity contribution is 0.198. The van der Waals surface area contributed by atoms with Crippen molar-refractivity contribution in [3.05, 3.63) is 29.8 Å². The molecule has 0 spiro atoms. The van der Waals surface area contributed by atoms with Gasteiger partial charge in [0.15, 0.2) is 0 Å². The van der Waals surface area contributed by atoms with Crippen LogP contribution in [0.5, 0.6) is 5.75 Å². The highest BCUT2D eigenvalue weighted by Crippen LogP contribution is 2.18. The van der Waals surface area contributed by atoms with E-state index in [4.69, 9.17) is 4.74 Å². The van der Waals surface area contributed by atoms with Crippen molar-refractivity contribution in [2.45, 2.75) is 25.9 Å². The van der Waals surface area contributed by atoms with E-state index in [2.05, 4.69) is 4.90 Å². The summed E-state index contributed by atoms with van der Waals surface area (Å²) in [6.07, 6.45) is 2.20. The van der Waals surface area contributed by atoms with Gasteiger partial charge < -0.3 is 9.84 Å². The number of likely N-dealkylation sites (tertiary alicyclic amines) is 1. The largest absolute Gasteiger partial charge is 0.492 e. The van der Waals surface area contributed by atoms with E-state index in [1.807, 2.05) is 24.3 Å². The van der Waals surface area contributed by atoms with Crippen LogP contribution in [0.4, 0.5) is 0 Å². The maximum atomic E-state index is 9.48. The van der Waals surface area contributed by atoms with E-state index in [1.54, 1.807) is 6.92 Å². The molecule has 0 aromatic heterocycles. The average molecular weight is 235 g/mol. The third-order valence-corrected chi connectivity index (χ3v) is 3.22. The van der Waals surface area contributed by atoms with E-state index in [0.717, 1.165) is 24.5 Å². The first-order chi connectivity index (χ1) is 8.25. The molecule has 1 aromatic rings. The molecule has 0 aliphatic carbocycles. The Balaban J connectivity index is 1.79. The van der Waals surface area contributed by atoms with Crippen molar-refractivity contribution < 1.29 is 9.84 Å². The summed E-state index contributed by atoms with van der Waals surface area (Å²) < 4.78 is 5.71. The van der Waals surface area contributed by atoms with Crippen LogP contribution in [-0.4, -0.2) is 36.2 Å². The Hall–Kier alpha value is -1.06. The van der Waals surface area contributed by atoms with E-state index in [-0.39, 0.29) is 0 Å². The minimum absolute atomic E-state index is 0.433. The average Bonchev–Trinajstić information content (AvgIpc) is 2.82. The van der Waals surface area contributed by atoms with Crippen LogP contribution >= 0.6 is 0 Å². The van der Waals surface area contributed by atoms with Crippen molar-refractivity contribution >= 4 is 0 Å². The maximum absolute atomic E-state index is 9.48. The van der Waals surface area contributed by atoms with Gasteiger partial charge in [0.1, 0.15) is 12.4 Å². The Bertz CT molecular complexity index is 346. The molecule has 0 amide bonds. The molecule has 1 heterocycles. The third-order valence-electron chi connectivity index (χ3n) is 3.22. The molecule has 1 N–H and O–H groups in total. The summed E-state index contributed by atoms with van der Waals surface area (Å²) >= 11 is 0. The molecule has 0 bridgehead atoms. The minimum Gasteiger partial charge on any atom is -0.492 e. The number of rotatable bonds is 5. The first-order valence-corrected chi connectivity index (χ1v) is 6.39. The Kier molecular flexibility index (Phi) is 4.40. The van der Waals surface area contributed by atoms with Crippen molar-refractivity contribution in [3.63, 3.8) is 0 Å². The predicted octanol–water partition coefficient (Wildman–Crippen LogP) is 2.21. The van der Waals surface area contributed by atoms with Gasteiger partial charge in [0.05, 0.1) is 6.10 Å². The van der Waals surface area contributed by atoms with Gasteiger partial charge in [0, 0.05) is 6.54 Å². The van der Waals surface area contributed by atoms with Gasteiger partial charge >= 0.3 is 0 Å². The maximum Gasteiger partial charge on any atom is 0.119 e. The molecule has 2 rings (SSSR count). The minimum atomic E-state index is -0.433. The SMILES string of the molecule is C[C@H](O)c1cccc(OCCN2CCCC2)c1. The van der Waals surface area contributed by atoms with Crippen LogP contribution in [-0.2, 0) is 0 Å². The zero-order valence-corrected chi connectivity index (χ0v) is 10.4. The first-order valence-electron chi connectivity index (χ1n) is 6.39. The molecular formula is C14H21NO2. The van der Waals surface area contributed by atoms with Gasteiger partial charge in [0.2, 0.25) is 0 Å². The second-order valence-electron chi connectivity index (χ2n) is 4.65. The fourth-order valence-electron chi connectivity index (χ4n) is 2.16. The quantitative estimate of drug-likeness (QED) is 0.849. The molecule has 1 fully saturated rings. The second kappa shape index (κ2) is 6.03. The molecule has 1 aliphatic rings. The zero-order chi connectivity index (χ0) is 12.1. The van der Waals surface area contributed by atoms with E-state index in [1.165, 1.54) is 25.9 Å². The molecule has 3 nitrogen and oxygen atoms in total. The van der Waals surface area contributed by atoms with Crippen molar-refractivity contribution in [3.8, 4) is 5.75 Å². The highest BCUT2D eigenvalue weighted by Gasteiger charge is 2.10. The topological polar surface area (TPSA) is 32.7 Å². The van der Waals surface area contributed by atoms with Crippen LogP contribution in [0.1, 0.15) is 31.4 Å². The van der Waals surface area contributed by atoms with E-state index in [9.17, 15) is 5.11 Å². The van der Waals surface area contributed by atoms with Crippen molar-refractivity contribution in [2.75, 3.05) is 26.2 Å². The summed E-state index contributed by atoms with van der Waals surface area (Å²) in [4.78, 5) is 2.43. The number of aliphatic hydroxyl groups is 1. The summed E-state index contributed by atoms with van der Waals surface area (Å²) in [7, 11) is 0. The second-order valence-corrected chi connectivity index (χ2v) is 4.65. The molecule has 3 heteroatoms. The normalized spacial score (nSPS) is 18.2. The smallest absolute Gasteiger partial charge is 0.119 e. The Labute approximate surface area is 103 Å². The molecule has 1 aliphatic heterocycles. The van der Waals surface area contributed by atoms with E-state index in [0.29, 0.717) is 0 Å². The summed E-state index contributed by atoms with van der Waals surface area (Å²) in [5.41, 5.74) is 0.906. The van der Waals surface area contributed by atoms with Gasteiger partial charge in [-0.05, 0) is 50.6 Å². The van der Waals surface area contributed by atoms with Crippen molar-refractivity contribution in [2.24, 2.45) is 0 Å². The number of hydrogen-bond acceptors (Lipinski definition) is 3. The third kappa shape index (κ3) is 3.72. The van der Waals surface area contributed by atoms with Crippen molar-refractivity contribution in [1.82, 2.24) is 4.90 Å². The Morgan fingerprint density at radius 1 is 1.35 bits per heavy atom. The number of ether oxygens (including phenoxy) is 1. The molecule has 17 heavy (non-hydrogen) atoms. The van der Waals surface area contributed by atoms with Gasteiger partial charge in [0.25, 0.3) is 0 Å². The standard InChI is InChI=1S/C14H21NO2/c1-12(16)13-5-4-6-14(11-13)17-10-9-15-7-2-3-8-15/h4-6,11-12,16H,2-3,7-10H2,1H3/t12-/m0/s1. The van der Waals surface area contributed by atoms with Gasteiger partial charge in [-0.1, -0.05) is 12.1 Å². The Morgan fingerprint density at radius 3 is 2.82 bits per heavy atom. The number of hydrogen-bond donors (Lipinski definition) is 1. The first kappa shape index (κ1) is 12.4. The lowest BCUT2D eigenvalue weighted by Crippen LogP contribution is -2.25. The van der Waals surface area contributed by atoms with Gasteiger partial charge in [-0.3, -0.25) is 4.90 Å². The number of nitrogens with zero attached hydrogens (tertiary/aromatic N) is 1. The van der Waals surface area contributed by atoms with Crippen molar-refractivity contribution in [1.29, 1.82) is 0 Å². The van der Waals surface area contributed by atoms with Gasteiger partial charge in [-0.15, -0.1) is 0 Å². The monoisotopic (exact) mass is 235 g/mol. The summed E-state index contributed by atoms with van der Waals surface area (Å²) in [5.74, 6) is 0.850. The van der Waals surface area contributed by atoms with E-state index < -0.39 is 6.10 Å². The summed E-state index contributed by atoms with van der Waals surface area (Å²) in [6.45, 7) is 5.90. The molecule has 1 saturated heterocycles. The highest BCUT2D eigenvalue weighted by atomic mass is 16.5. The fourth-order valence-corrected chi connectivity index (χ4v) is 2.16. The number of benzene rings is 1. The van der Waals surface area contributed by atoms with E-state index >= 15 is 0 Å². The molecular weight excluding hydrogens is 214 g/mol. The number of aliphatic hydroxyl groups excluding tert-OH is 1. The highest BCUT2D eigenvalue weighted by molar-refractivity contribution is 5.29. The van der Waals surface area contributed by atoms with Crippen LogP contribution in [0.3, 0.4) is 0 Å². The molecule has 0 saturated carbocycles. The Morgan fingerprint density at radius 2 is 2.12 bits per heavy atom. The lowest BCUT2D eigenvalue weighted by atomic mass is 10.1. The van der Waals surface area contributed by atoms with Crippen LogP contribution < -0.4 is 4.74 Å². The summed E-state index contributed by atoms with van der Waals surface area (Å²) in [5, 5.41) is 9.48. The zero-order valence-electron chi connectivity index (χ0n) is 10.4. The lowest BCUT2D eigenvalue weighted by Gasteiger charge is -2.15. The van der Waals surface area contributed by atoms with Gasteiger partial charge in [-0.25, -0.2) is 0 Å². The fraction of sp³-hybridized carbons (Fsp3) is 0.571. The summed E-state index contributed by atoms with van der Waals surface area (Å²) in [6, 6.07) is 7.69. The molecule has 94 valence electrons. The van der Waals surface area contributed by atoms with Gasteiger partial charge in [-0.2, -0.15) is 0 Å². The molecule has 1 aromatic carbocycles. The predicted molar refractivity (Wildman–Crippen MR) is 68.2 cm³/mol. The van der Waals surface area contributed by atoms with Crippen LogP contribution in [0.25, 0.3) is 0 Å². The molecule has 0 unspecified atom stereocenters. The van der Waals surface area contributed by atoms with Crippen LogP contribution in [0.2, 0.25) is 0 Å². The van der Waals surface area contributed by atoms with Crippen LogP contribution in [0, 0.1) is 0 Å². The van der Waals surface area contributed by atoms with Crippen LogP contribution in [0.15, 0.2) is 24.3 Å².